The zero-order valence-corrected chi connectivity index (χ0v) is 21.6. The Morgan fingerprint density at radius 2 is 1.94 bits per heavy atom. The summed E-state index contributed by atoms with van der Waals surface area (Å²) in [5, 5.41) is 9.38. The summed E-state index contributed by atoms with van der Waals surface area (Å²) in [6.07, 6.45) is 4.12. The minimum Gasteiger partial charge on any atom is -0.477 e. The number of ether oxygens (including phenoxy) is 1. The number of thioether (sulfide) groups is 1. The molecule has 2 saturated heterocycles. The van der Waals surface area contributed by atoms with E-state index in [0.717, 1.165) is 12.8 Å². The van der Waals surface area contributed by atoms with Crippen LogP contribution >= 0.6 is 11.8 Å². The molecule has 4 aliphatic rings. The highest BCUT2D eigenvalue weighted by atomic mass is 32.2. The van der Waals surface area contributed by atoms with E-state index in [1.165, 1.54) is 16.7 Å². The number of nitrogens with zero attached hydrogens (tertiary/aromatic N) is 2. The van der Waals surface area contributed by atoms with Gasteiger partial charge in [0.15, 0.2) is 5.78 Å². The molecule has 3 aliphatic heterocycles. The van der Waals surface area contributed by atoms with Gasteiger partial charge in [0.05, 0.1) is 0 Å². The van der Waals surface area contributed by atoms with Gasteiger partial charge in [-0.15, -0.1) is 11.8 Å². The highest BCUT2D eigenvalue weighted by Gasteiger charge is 2.51. The zero-order valence-electron chi connectivity index (χ0n) is 20.8. The Morgan fingerprint density at radius 1 is 1.23 bits per heavy atom. The summed E-state index contributed by atoms with van der Waals surface area (Å²) < 4.78 is 5.50. The number of aliphatic carboxylic acids is 1. The standard InChI is InChI=1S/C25H35N3O6S/c1-13(16-7-8-27(11-16)24(33)34-25(2,3)4)14-5-6-15(18(29)10-14)9-17-12-35-22-19(26)21(30)28(22)20(17)23(31)32/h9,13-14,16,19,22H,5-8,10-12,26H2,1-4H3,(H,31,32). The molecule has 10 heteroatoms. The molecule has 1 aliphatic carbocycles. The predicted molar refractivity (Wildman–Crippen MR) is 131 cm³/mol. The largest absolute Gasteiger partial charge is 0.477 e. The highest BCUT2D eigenvalue weighted by molar-refractivity contribution is 8.00. The predicted octanol–water partition coefficient (Wildman–Crippen LogP) is 2.76. The van der Waals surface area contributed by atoms with Crippen molar-refractivity contribution < 1.29 is 29.0 Å². The summed E-state index contributed by atoms with van der Waals surface area (Å²) in [5.41, 5.74) is 6.36. The van der Waals surface area contributed by atoms with Crippen LogP contribution in [0.3, 0.4) is 0 Å². The molecule has 0 radical (unpaired) electrons. The summed E-state index contributed by atoms with van der Waals surface area (Å²) in [6.45, 7) is 9.04. The smallest absolute Gasteiger partial charge is 0.410 e. The van der Waals surface area contributed by atoms with Crippen LogP contribution in [0, 0.1) is 17.8 Å². The summed E-state index contributed by atoms with van der Waals surface area (Å²) in [5.74, 6) is -0.303. The van der Waals surface area contributed by atoms with Crippen molar-refractivity contribution in [2.24, 2.45) is 23.5 Å². The molecule has 0 aromatic heterocycles. The number of ketones is 1. The lowest BCUT2D eigenvalue weighted by molar-refractivity contribution is -0.147. The second-order valence-corrected chi connectivity index (χ2v) is 12.1. The Labute approximate surface area is 210 Å². The SMILES string of the molecule is CC(C1CCC(=CC2=C(C(=O)O)N3C(=O)C(N)C3SC2)C(=O)C1)C1CCN(C(=O)OC(C)(C)C)C1. The van der Waals surface area contributed by atoms with Crippen LogP contribution in [0.25, 0.3) is 0 Å². The number of carboxylic acids is 1. The number of carbonyl (C=O) groups is 4. The maximum Gasteiger partial charge on any atom is 0.410 e. The Morgan fingerprint density at radius 3 is 2.57 bits per heavy atom. The number of carboxylic acid groups (broad SMARTS) is 1. The molecule has 35 heavy (non-hydrogen) atoms. The summed E-state index contributed by atoms with van der Waals surface area (Å²) >= 11 is 1.43. The number of amides is 2. The second-order valence-electron chi connectivity index (χ2n) is 11.0. The number of allylic oxidation sites excluding steroid dienone is 2. The Balaban J connectivity index is 1.40. The van der Waals surface area contributed by atoms with Gasteiger partial charge in [0.2, 0.25) is 5.91 Å². The Bertz CT molecular complexity index is 1000. The van der Waals surface area contributed by atoms with Gasteiger partial charge in [-0.1, -0.05) is 6.92 Å². The van der Waals surface area contributed by atoms with Gasteiger partial charge >= 0.3 is 12.1 Å². The fourth-order valence-electron chi connectivity index (χ4n) is 5.51. The van der Waals surface area contributed by atoms with E-state index in [0.29, 0.717) is 48.7 Å². The first kappa shape index (κ1) is 25.8. The normalized spacial score (nSPS) is 31.4. The van der Waals surface area contributed by atoms with Crippen LogP contribution in [0.15, 0.2) is 22.9 Å². The fourth-order valence-corrected chi connectivity index (χ4v) is 6.76. The van der Waals surface area contributed by atoms with Gasteiger partial charge in [0, 0.05) is 25.3 Å². The second kappa shape index (κ2) is 9.61. The van der Waals surface area contributed by atoms with E-state index in [1.807, 2.05) is 20.8 Å². The molecule has 1 saturated carbocycles. The van der Waals surface area contributed by atoms with Crippen LogP contribution in [0.2, 0.25) is 0 Å². The monoisotopic (exact) mass is 505 g/mol. The van der Waals surface area contributed by atoms with Crippen molar-refractivity contribution in [3.8, 4) is 0 Å². The van der Waals surface area contributed by atoms with Crippen LogP contribution in [-0.2, 0) is 19.1 Å². The molecule has 2 amide bonds. The molecule has 3 N–H and O–H groups in total. The zero-order chi connectivity index (χ0) is 25.7. The van der Waals surface area contributed by atoms with Gasteiger partial charge in [0.25, 0.3) is 0 Å². The first-order valence-electron chi connectivity index (χ1n) is 12.3. The minimum absolute atomic E-state index is 0.0334. The van der Waals surface area contributed by atoms with Gasteiger partial charge in [-0.2, -0.15) is 0 Å². The topological polar surface area (TPSA) is 130 Å². The van der Waals surface area contributed by atoms with Crippen molar-refractivity contribution in [2.75, 3.05) is 18.8 Å². The third-order valence-corrected chi connectivity index (χ3v) is 8.87. The van der Waals surface area contributed by atoms with E-state index in [9.17, 15) is 24.3 Å². The molecule has 0 bridgehead atoms. The number of fused-ring (bicyclic) bond motifs is 1. The van der Waals surface area contributed by atoms with Gasteiger partial charge in [-0.25, -0.2) is 9.59 Å². The van der Waals surface area contributed by atoms with Crippen LogP contribution in [-0.4, -0.2) is 74.5 Å². The van der Waals surface area contributed by atoms with E-state index >= 15 is 0 Å². The van der Waals surface area contributed by atoms with Crippen LogP contribution in [0.5, 0.6) is 0 Å². The quantitative estimate of drug-likeness (QED) is 0.441. The Kier molecular flexibility index (Phi) is 7.07. The van der Waals surface area contributed by atoms with Crippen LogP contribution < -0.4 is 5.73 Å². The van der Waals surface area contributed by atoms with Crippen molar-refractivity contribution in [3.63, 3.8) is 0 Å². The number of rotatable bonds is 4. The average molecular weight is 506 g/mol. The highest BCUT2D eigenvalue weighted by Crippen LogP contribution is 2.42. The summed E-state index contributed by atoms with van der Waals surface area (Å²) in [4.78, 5) is 52.6. The summed E-state index contributed by atoms with van der Waals surface area (Å²) in [6, 6.07) is -0.677. The van der Waals surface area contributed by atoms with E-state index in [2.05, 4.69) is 6.92 Å². The molecule has 192 valence electrons. The number of Topliss-reactive ketones (excluding diaryl/α,β-unsaturated/α-hetero) is 1. The molecule has 3 fully saturated rings. The Hall–Kier alpha value is -2.33. The van der Waals surface area contributed by atoms with E-state index in [1.54, 1.807) is 11.0 Å². The number of β-lactam (4-membered cyclic amide) rings is 1. The van der Waals surface area contributed by atoms with E-state index in [4.69, 9.17) is 10.5 Å². The maximum absolute atomic E-state index is 13.0. The maximum atomic E-state index is 13.0. The summed E-state index contributed by atoms with van der Waals surface area (Å²) in [7, 11) is 0. The van der Waals surface area contributed by atoms with Crippen molar-refractivity contribution in [1.29, 1.82) is 0 Å². The van der Waals surface area contributed by atoms with Gasteiger partial charge in [0.1, 0.15) is 22.7 Å². The van der Waals surface area contributed by atoms with Crippen molar-refractivity contribution in [2.45, 2.75) is 70.4 Å². The molecule has 0 spiro atoms. The lowest BCUT2D eigenvalue weighted by atomic mass is 9.73. The molecular formula is C25H35N3O6S. The molecular weight excluding hydrogens is 470 g/mol. The van der Waals surface area contributed by atoms with E-state index < -0.39 is 23.5 Å². The lowest BCUT2D eigenvalue weighted by Gasteiger charge is -2.47. The van der Waals surface area contributed by atoms with Crippen LogP contribution in [0.4, 0.5) is 4.79 Å². The number of nitrogens with two attached hydrogens (primary N) is 1. The first-order valence-corrected chi connectivity index (χ1v) is 13.3. The lowest BCUT2D eigenvalue weighted by Crippen LogP contribution is -2.68. The van der Waals surface area contributed by atoms with Gasteiger partial charge < -0.3 is 20.5 Å². The van der Waals surface area contributed by atoms with Crippen molar-refractivity contribution in [1.82, 2.24) is 9.80 Å². The number of hydrogen-bond acceptors (Lipinski definition) is 7. The molecule has 9 nitrogen and oxygen atoms in total. The number of carbonyl (C=O) groups excluding carboxylic acids is 3. The average Bonchev–Trinajstić information content (AvgIpc) is 3.28. The van der Waals surface area contributed by atoms with Crippen molar-refractivity contribution >= 4 is 35.5 Å². The molecule has 0 aromatic rings. The molecule has 3 heterocycles. The third-order valence-electron chi connectivity index (χ3n) is 7.54. The minimum atomic E-state index is -1.17. The molecule has 5 atom stereocenters. The van der Waals surface area contributed by atoms with Gasteiger partial charge in [-0.05, 0) is 75.0 Å². The molecule has 5 unspecified atom stereocenters. The number of likely N-dealkylation sites (tertiary alicyclic amines) is 1. The fraction of sp³-hybridized carbons (Fsp3) is 0.680. The number of hydrogen-bond donors (Lipinski definition) is 2. The van der Waals surface area contributed by atoms with E-state index in [-0.39, 0.29) is 34.8 Å². The first-order chi connectivity index (χ1) is 16.4. The van der Waals surface area contributed by atoms with Crippen LogP contribution in [0.1, 0.15) is 53.4 Å². The van der Waals surface area contributed by atoms with Gasteiger partial charge in [-0.3, -0.25) is 14.5 Å². The third kappa shape index (κ3) is 5.14. The molecule has 0 aromatic carbocycles. The van der Waals surface area contributed by atoms with Crippen molar-refractivity contribution in [3.05, 3.63) is 22.9 Å². The molecule has 4 rings (SSSR count).